The number of anilines is 2. The van der Waals surface area contributed by atoms with Gasteiger partial charge < -0.3 is 10.2 Å². The van der Waals surface area contributed by atoms with Crippen LogP contribution in [0.15, 0.2) is 55.1 Å². The Bertz CT molecular complexity index is 962. The van der Waals surface area contributed by atoms with Crippen LogP contribution in [0.5, 0.6) is 0 Å². The van der Waals surface area contributed by atoms with Gasteiger partial charge in [-0.25, -0.2) is 19.9 Å². The van der Waals surface area contributed by atoms with Crippen LogP contribution in [0.4, 0.5) is 11.6 Å². The number of nitrogens with one attached hydrogen (secondary N) is 1. The highest BCUT2D eigenvalue weighted by Gasteiger charge is 2.26. The van der Waals surface area contributed by atoms with Crippen molar-refractivity contribution in [2.45, 2.75) is 25.7 Å². The van der Waals surface area contributed by atoms with Crippen LogP contribution in [-0.2, 0) is 0 Å². The predicted octanol–water partition coefficient (Wildman–Crippen LogP) is 3.34. The number of aromatic nitrogens is 4. The van der Waals surface area contributed by atoms with Gasteiger partial charge in [0.2, 0.25) is 0 Å². The van der Waals surface area contributed by atoms with Gasteiger partial charge >= 0.3 is 0 Å². The Morgan fingerprint density at radius 2 is 2.07 bits per heavy atom. The monoisotopic (exact) mass is 374 g/mol. The number of aryl methyl sites for hydroxylation is 1. The van der Waals surface area contributed by atoms with E-state index in [1.54, 1.807) is 18.5 Å². The molecule has 1 aliphatic rings. The Morgan fingerprint density at radius 3 is 2.89 bits per heavy atom. The lowest BCUT2D eigenvalue weighted by Gasteiger charge is -2.33. The molecule has 4 rings (SSSR count). The van der Waals surface area contributed by atoms with Crippen molar-refractivity contribution in [3.8, 4) is 0 Å². The number of piperidine rings is 1. The summed E-state index contributed by atoms with van der Waals surface area (Å²) >= 11 is 0. The summed E-state index contributed by atoms with van der Waals surface area (Å²) in [4.78, 5) is 31.5. The van der Waals surface area contributed by atoms with Gasteiger partial charge in [0.25, 0.3) is 5.91 Å². The number of hydrogen-bond donors (Lipinski definition) is 1. The first-order chi connectivity index (χ1) is 13.7. The van der Waals surface area contributed by atoms with Crippen molar-refractivity contribution in [1.82, 2.24) is 24.8 Å². The molecule has 0 spiro atoms. The maximum absolute atomic E-state index is 12.7. The van der Waals surface area contributed by atoms with Crippen molar-refractivity contribution in [3.63, 3.8) is 0 Å². The maximum Gasteiger partial charge on any atom is 0.272 e. The topological polar surface area (TPSA) is 83.9 Å². The second kappa shape index (κ2) is 8.12. The zero-order valence-electron chi connectivity index (χ0n) is 15.7. The molecule has 28 heavy (non-hydrogen) atoms. The van der Waals surface area contributed by atoms with Crippen LogP contribution in [0.25, 0.3) is 0 Å². The van der Waals surface area contributed by atoms with Gasteiger partial charge in [0.15, 0.2) is 0 Å². The second-order valence-corrected chi connectivity index (χ2v) is 6.95. The van der Waals surface area contributed by atoms with Crippen LogP contribution >= 0.6 is 0 Å². The Morgan fingerprint density at radius 1 is 1.14 bits per heavy atom. The zero-order valence-corrected chi connectivity index (χ0v) is 15.7. The molecule has 0 aromatic carbocycles. The van der Waals surface area contributed by atoms with Gasteiger partial charge in [-0.2, -0.15) is 0 Å². The SMILES string of the molecule is Cc1cccc(Nc2cc(C3CCCN(C(=O)c4ccncn4)C3)ccn2)n1. The van der Waals surface area contributed by atoms with E-state index in [2.05, 4.69) is 25.3 Å². The fourth-order valence-corrected chi connectivity index (χ4v) is 3.53. The molecule has 1 aliphatic heterocycles. The number of carbonyl (C=O) groups is 1. The minimum Gasteiger partial charge on any atom is -0.337 e. The van der Waals surface area contributed by atoms with Gasteiger partial charge in [-0.1, -0.05) is 6.07 Å². The average molecular weight is 374 g/mol. The number of carbonyl (C=O) groups excluding carboxylic acids is 1. The summed E-state index contributed by atoms with van der Waals surface area (Å²) in [6, 6.07) is 11.6. The largest absolute Gasteiger partial charge is 0.337 e. The third-order valence-electron chi connectivity index (χ3n) is 4.91. The highest BCUT2D eigenvalue weighted by molar-refractivity contribution is 5.92. The van der Waals surface area contributed by atoms with E-state index in [1.807, 2.05) is 42.2 Å². The number of likely N-dealkylation sites (tertiary alicyclic amines) is 1. The lowest BCUT2D eigenvalue weighted by atomic mass is 9.91. The van der Waals surface area contributed by atoms with Crippen molar-refractivity contribution in [3.05, 3.63) is 72.1 Å². The van der Waals surface area contributed by atoms with Gasteiger partial charge in [0.1, 0.15) is 23.7 Å². The van der Waals surface area contributed by atoms with Gasteiger partial charge in [-0.15, -0.1) is 0 Å². The molecule has 0 saturated carbocycles. The smallest absolute Gasteiger partial charge is 0.272 e. The van der Waals surface area contributed by atoms with Crippen LogP contribution in [0, 0.1) is 6.92 Å². The molecule has 0 bridgehead atoms. The van der Waals surface area contributed by atoms with Gasteiger partial charge in [0, 0.05) is 37.1 Å². The van der Waals surface area contributed by atoms with Crippen molar-refractivity contribution in [2.75, 3.05) is 18.4 Å². The minimum atomic E-state index is -0.0385. The van der Waals surface area contributed by atoms with E-state index < -0.39 is 0 Å². The number of hydrogen-bond acceptors (Lipinski definition) is 6. The highest BCUT2D eigenvalue weighted by atomic mass is 16.2. The lowest BCUT2D eigenvalue weighted by Crippen LogP contribution is -2.39. The molecule has 1 saturated heterocycles. The third kappa shape index (κ3) is 4.14. The summed E-state index contributed by atoms with van der Waals surface area (Å²) in [6.45, 7) is 3.39. The molecule has 1 fully saturated rings. The van der Waals surface area contributed by atoms with Crippen molar-refractivity contribution >= 4 is 17.5 Å². The number of rotatable bonds is 4. The van der Waals surface area contributed by atoms with E-state index in [4.69, 9.17) is 0 Å². The average Bonchev–Trinajstić information content (AvgIpc) is 2.74. The van der Waals surface area contributed by atoms with Crippen LogP contribution in [0.2, 0.25) is 0 Å². The summed E-state index contributed by atoms with van der Waals surface area (Å²) < 4.78 is 0. The normalized spacial score (nSPS) is 16.6. The summed E-state index contributed by atoms with van der Waals surface area (Å²) in [5.41, 5.74) is 2.57. The quantitative estimate of drug-likeness (QED) is 0.754. The number of nitrogens with zero attached hydrogens (tertiary/aromatic N) is 5. The number of amides is 1. The molecule has 7 heteroatoms. The van der Waals surface area contributed by atoms with Crippen molar-refractivity contribution in [1.29, 1.82) is 0 Å². The zero-order chi connectivity index (χ0) is 19.3. The molecule has 1 unspecified atom stereocenters. The Hall–Kier alpha value is -3.35. The van der Waals surface area contributed by atoms with Crippen molar-refractivity contribution in [2.24, 2.45) is 0 Å². The predicted molar refractivity (Wildman–Crippen MR) is 106 cm³/mol. The van der Waals surface area contributed by atoms with E-state index in [0.717, 1.165) is 36.7 Å². The van der Waals surface area contributed by atoms with E-state index in [1.165, 1.54) is 11.9 Å². The fourth-order valence-electron chi connectivity index (χ4n) is 3.53. The van der Waals surface area contributed by atoms with Crippen LogP contribution in [-0.4, -0.2) is 43.8 Å². The molecule has 1 atom stereocenters. The Balaban J connectivity index is 1.48. The minimum absolute atomic E-state index is 0.0385. The lowest BCUT2D eigenvalue weighted by molar-refractivity contribution is 0.0701. The summed E-state index contributed by atoms with van der Waals surface area (Å²) in [5.74, 6) is 1.76. The third-order valence-corrected chi connectivity index (χ3v) is 4.91. The molecule has 142 valence electrons. The molecule has 4 heterocycles. The summed E-state index contributed by atoms with van der Waals surface area (Å²) in [5, 5.41) is 3.26. The highest BCUT2D eigenvalue weighted by Crippen LogP contribution is 2.29. The maximum atomic E-state index is 12.7. The van der Waals surface area contributed by atoms with Crippen molar-refractivity contribution < 1.29 is 4.79 Å². The molecule has 7 nitrogen and oxygen atoms in total. The van der Waals surface area contributed by atoms with E-state index in [-0.39, 0.29) is 11.8 Å². The van der Waals surface area contributed by atoms with E-state index in [0.29, 0.717) is 12.2 Å². The first-order valence-electron chi connectivity index (χ1n) is 9.41. The molecule has 3 aromatic rings. The molecular formula is C21H22N6O. The van der Waals surface area contributed by atoms with Gasteiger partial charge in [-0.3, -0.25) is 4.79 Å². The summed E-state index contributed by atoms with van der Waals surface area (Å²) in [7, 11) is 0. The van der Waals surface area contributed by atoms with E-state index in [9.17, 15) is 4.79 Å². The standard InChI is InChI=1S/C21H22N6O/c1-15-4-2-6-19(25-15)26-20-12-16(7-10-23-20)17-5-3-11-27(13-17)21(28)18-8-9-22-14-24-18/h2,4,6-10,12,14,17H,3,5,11,13H2,1H3,(H,23,25,26). The number of pyridine rings is 2. The Kier molecular flexibility index (Phi) is 5.23. The fraction of sp³-hybridized carbons (Fsp3) is 0.286. The molecule has 0 aliphatic carbocycles. The first kappa shape index (κ1) is 18.0. The summed E-state index contributed by atoms with van der Waals surface area (Å²) in [6.07, 6.45) is 6.82. The van der Waals surface area contributed by atoms with Crippen LogP contribution < -0.4 is 5.32 Å². The van der Waals surface area contributed by atoms with E-state index >= 15 is 0 Å². The molecule has 3 aromatic heterocycles. The molecule has 0 radical (unpaired) electrons. The Labute approximate surface area is 163 Å². The molecule has 1 amide bonds. The second-order valence-electron chi connectivity index (χ2n) is 6.95. The van der Waals surface area contributed by atoms with Gasteiger partial charge in [-0.05, 0) is 55.7 Å². The first-order valence-corrected chi connectivity index (χ1v) is 9.41. The molecular weight excluding hydrogens is 352 g/mol. The van der Waals surface area contributed by atoms with Crippen LogP contribution in [0.3, 0.4) is 0 Å². The van der Waals surface area contributed by atoms with Gasteiger partial charge in [0.05, 0.1) is 0 Å². The molecule has 1 N–H and O–H groups in total. The van der Waals surface area contributed by atoms with Crippen LogP contribution in [0.1, 0.15) is 40.5 Å².